The number of amides is 1. The summed E-state index contributed by atoms with van der Waals surface area (Å²) in [6.07, 6.45) is 6.28. The van der Waals surface area contributed by atoms with Gasteiger partial charge in [0.2, 0.25) is 5.13 Å². The Morgan fingerprint density at radius 2 is 2.33 bits per heavy atom. The van der Waals surface area contributed by atoms with Crippen LogP contribution in [0.25, 0.3) is 0 Å². The number of carbonyl (C=O) groups is 1. The zero-order valence-electron chi connectivity index (χ0n) is 10.1. The first-order chi connectivity index (χ1) is 8.79. The molecule has 0 radical (unpaired) electrons. The van der Waals surface area contributed by atoms with Crippen molar-refractivity contribution in [2.24, 2.45) is 0 Å². The maximum Gasteiger partial charge on any atom is 0.259 e. The first-order valence-electron chi connectivity index (χ1n) is 5.83. The Balaban J connectivity index is 1.97. The SMILES string of the molecule is CCCCc1nnc(NC(=O)c2cccnc2)s1. The summed E-state index contributed by atoms with van der Waals surface area (Å²) in [5.74, 6) is -0.207. The number of nitrogens with one attached hydrogen (secondary N) is 1. The highest BCUT2D eigenvalue weighted by atomic mass is 32.1. The minimum Gasteiger partial charge on any atom is -0.296 e. The molecule has 2 rings (SSSR count). The third-order valence-corrected chi connectivity index (χ3v) is 3.25. The molecule has 0 aromatic carbocycles. The van der Waals surface area contributed by atoms with Gasteiger partial charge in [0.15, 0.2) is 0 Å². The van der Waals surface area contributed by atoms with E-state index in [2.05, 4.69) is 27.4 Å². The Hall–Kier alpha value is -1.82. The Bertz CT molecular complexity index is 512. The number of hydrogen-bond acceptors (Lipinski definition) is 5. The highest BCUT2D eigenvalue weighted by molar-refractivity contribution is 7.15. The van der Waals surface area contributed by atoms with Gasteiger partial charge in [-0.2, -0.15) is 0 Å². The molecule has 2 aromatic heterocycles. The number of rotatable bonds is 5. The number of carbonyl (C=O) groups excluding carboxylic acids is 1. The molecule has 1 N–H and O–H groups in total. The summed E-state index contributed by atoms with van der Waals surface area (Å²) in [6.45, 7) is 2.13. The summed E-state index contributed by atoms with van der Waals surface area (Å²) >= 11 is 1.42. The van der Waals surface area contributed by atoms with Crippen LogP contribution in [-0.4, -0.2) is 21.1 Å². The van der Waals surface area contributed by atoms with Crippen molar-refractivity contribution in [3.63, 3.8) is 0 Å². The lowest BCUT2D eigenvalue weighted by atomic mass is 10.3. The average molecular weight is 262 g/mol. The van der Waals surface area contributed by atoms with Crippen LogP contribution < -0.4 is 5.32 Å². The molecule has 5 nitrogen and oxygen atoms in total. The molecule has 0 aliphatic rings. The number of aromatic nitrogens is 3. The normalized spacial score (nSPS) is 10.3. The predicted molar refractivity (Wildman–Crippen MR) is 70.7 cm³/mol. The van der Waals surface area contributed by atoms with E-state index in [4.69, 9.17) is 0 Å². The third kappa shape index (κ3) is 3.33. The van der Waals surface area contributed by atoms with Crippen molar-refractivity contribution in [3.05, 3.63) is 35.1 Å². The van der Waals surface area contributed by atoms with Gasteiger partial charge in [-0.3, -0.25) is 15.1 Å². The average Bonchev–Trinajstić information content (AvgIpc) is 2.85. The Morgan fingerprint density at radius 1 is 1.44 bits per heavy atom. The van der Waals surface area contributed by atoms with Crippen LogP contribution in [0.1, 0.15) is 35.1 Å². The maximum absolute atomic E-state index is 11.8. The predicted octanol–water partition coefficient (Wildman–Crippen LogP) is 2.53. The van der Waals surface area contributed by atoms with E-state index in [9.17, 15) is 4.79 Å². The summed E-state index contributed by atoms with van der Waals surface area (Å²) in [6, 6.07) is 3.43. The molecule has 0 saturated heterocycles. The largest absolute Gasteiger partial charge is 0.296 e. The van der Waals surface area contributed by atoms with Crippen molar-refractivity contribution >= 4 is 22.4 Å². The summed E-state index contributed by atoms with van der Waals surface area (Å²) < 4.78 is 0. The van der Waals surface area contributed by atoms with Gasteiger partial charge in [-0.05, 0) is 18.6 Å². The molecule has 6 heteroatoms. The van der Waals surface area contributed by atoms with Crippen LogP contribution in [0.15, 0.2) is 24.5 Å². The minimum atomic E-state index is -0.207. The van der Waals surface area contributed by atoms with Crippen LogP contribution in [0.4, 0.5) is 5.13 Å². The minimum absolute atomic E-state index is 0.207. The summed E-state index contributed by atoms with van der Waals surface area (Å²) in [7, 11) is 0. The first-order valence-corrected chi connectivity index (χ1v) is 6.65. The van der Waals surface area contributed by atoms with Crippen LogP contribution in [0.3, 0.4) is 0 Å². The lowest BCUT2D eigenvalue weighted by molar-refractivity contribution is 0.102. The van der Waals surface area contributed by atoms with Crippen molar-refractivity contribution < 1.29 is 4.79 Å². The van der Waals surface area contributed by atoms with E-state index in [1.54, 1.807) is 18.3 Å². The Kier molecular flexibility index (Phi) is 4.35. The van der Waals surface area contributed by atoms with Gasteiger partial charge in [0.1, 0.15) is 5.01 Å². The van der Waals surface area contributed by atoms with E-state index in [0.717, 1.165) is 24.3 Å². The van der Waals surface area contributed by atoms with E-state index in [0.29, 0.717) is 10.7 Å². The van der Waals surface area contributed by atoms with Crippen LogP contribution >= 0.6 is 11.3 Å². The number of pyridine rings is 1. The number of hydrogen-bond donors (Lipinski definition) is 1. The van der Waals surface area contributed by atoms with E-state index >= 15 is 0 Å². The molecule has 18 heavy (non-hydrogen) atoms. The van der Waals surface area contributed by atoms with E-state index < -0.39 is 0 Å². The molecule has 0 atom stereocenters. The molecular formula is C12H14N4OS. The fraction of sp³-hybridized carbons (Fsp3) is 0.333. The van der Waals surface area contributed by atoms with Crippen LogP contribution in [0, 0.1) is 0 Å². The lowest BCUT2D eigenvalue weighted by Crippen LogP contribution is -2.11. The van der Waals surface area contributed by atoms with Crippen LogP contribution in [0.5, 0.6) is 0 Å². The molecule has 0 aliphatic heterocycles. The highest BCUT2D eigenvalue weighted by Gasteiger charge is 2.09. The summed E-state index contributed by atoms with van der Waals surface area (Å²) in [5, 5.41) is 12.2. The standard InChI is InChI=1S/C12H14N4OS/c1-2-3-6-10-15-16-12(18-10)14-11(17)9-5-4-7-13-8-9/h4-5,7-8H,2-3,6H2,1H3,(H,14,16,17). The molecule has 0 unspecified atom stereocenters. The fourth-order valence-corrected chi connectivity index (χ4v) is 2.18. The Morgan fingerprint density at radius 3 is 3.06 bits per heavy atom. The monoisotopic (exact) mass is 262 g/mol. The first kappa shape index (κ1) is 12.6. The second-order valence-corrected chi connectivity index (χ2v) is 4.86. The Labute approximate surface area is 109 Å². The third-order valence-electron chi connectivity index (χ3n) is 2.36. The van der Waals surface area contributed by atoms with Crippen LogP contribution in [-0.2, 0) is 6.42 Å². The molecule has 94 valence electrons. The molecular weight excluding hydrogens is 248 g/mol. The molecule has 0 aliphatic carbocycles. The zero-order chi connectivity index (χ0) is 12.8. The van der Waals surface area contributed by atoms with Crippen molar-refractivity contribution in [2.45, 2.75) is 26.2 Å². The van der Waals surface area contributed by atoms with E-state index in [1.165, 1.54) is 17.5 Å². The van der Waals surface area contributed by atoms with Gasteiger partial charge < -0.3 is 0 Å². The quantitative estimate of drug-likeness (QED) is 0.899. The van der Waals surface area contributed by atoms with Crippen molar-refractivity contribution in [2.75, 3.05) is 5.32 Å². The molecule has 0 fully saturated rings. The molecule has 0 spiro atoms. The maximum atomic E-state index is 11.8. The molecule has 2 aromatic rings. The number of aryl methyl sites for hydroxylation is 1. The van der Waals surface area contributed by atoms with Gasteiger partial charge in [0.05, 0.1) is 5.56 Å². The van der Waals surface area contributed by atoms with Crippen molar-refractivity contribution in [1.82, 2.24) is 15.2 Å². The van der Waals surface area contributed by atoms with Crippen molar-refractivity contribution in [1.29, 1.82) is 0 Å². The summed E-state index contributed by atoms with van der Waals surface area (Å²) in [5.41, 5.74) is 0.516. The zero-order valence-corrected chi connectivity index (χ0v) is 10.9. The van der Waals surface area contributed by atoms with E-state index in [-0.39, 0.29) is 5.91 Å². The van der Waals surface area contributed by atoms with Crippen molar-refractivity contribution in [3.8, 4) is 0 Å². The highest BCUT2D eigenvalue weighted by Crippen LogP contribution is 2.17. The van der Waals surface area contributed by atoms with Gasteiger partial charge in [0.25, 0.3) is 5.91 Å². The van der Waals surface area contributed by atoms with Gasteiger partial charge in [0, 0.05) is 18.8 Å². The van der Waals surface area contributed by atoms with Gasteiger partial charge >= 0.3 is 0 Å². The second kappa shape index (κ2) is 6.20. The fourth-order valence-electron chi connectivity index (χ4n) is 1.40. The number of anilines is 1. The van der Waals surface area contributed by atoms with Crippen LogP contribution in [0.2, 0.25) is 0 Å². The van der Waals surface area contributed by atoms with E-state index in [1.807, 2.05) is 0 Å². The molecule has 0 saturated carbocycles. The topological polar surface area (TPSA) is 67.8 Å². The number of unbranched alkanes of at least 4 members (excludes halogenated alkanes) is 1. The lowest BCUT2D eigenvalue weighted by Gasteiger charge is -1.99. The summed E-state index contributed by atoms with van der Waals surface area (Å²) in [4.78, 5) is 15.7. The second-order valence-electron chi connectivity index (χ2n) is 3.80. The van der Waals surface area contributed by atoms with Gasteiger partial charge in [-0.25, -0.2) is 0 Å². The number of nitrogens with zero attached hydrogens (tertiary/aromatic N) is 3. The smallest absolute Gasteiger partial charge is 0.259 e. The molecule has 1 amide bonds. The molecule has 2 heterocycles. The van der Waals surface area contributed by atoms with Gasteiger partial charge in [-0.1, -0.05) is 24.7 Å². The molecule has 0 bridgehead atoms. The van der Waals surface area contributed by atoms with Gasteiger partial charge in [-0.15, -0.1) is 10.2 Å².